The molecule has 0 bridgehead atoms. The Morgan fingerprint density at radius 2 is 1.82 bits per heavy atom. The second-order valence-electron chi connectivity index (χ2n) is 5.51. The molecule has 4 nitrogen and oxygen atoms in total. The lowest BCUT2D eigenvalue weighted by Crippen LogP contribution is -2.51. The van der Waals surface area contributed by atoms with Gasteiger partial charge < -0.3 is 9.80 Å². The number of amides is 1. The summed E-state index contributed by atoms with van der Waals surface area (Å²) in [6, 6.07) is 0.448. The molecule has 0 N–H and O–H groups in total. The van der Waals surface area contributed by atoms with E-state index in [0.29, 0.717) is 18.5 Å². The third kappa shape index (κ3) is 3.42. The van der Waals surface area contributed by atoms with Crippen LogP contribution in [-0.2, 0) is 4.79 Å². The Bertz CT molecular complexity index is 261. The van der Waals surface area contributed by atoms with Gasteiger partial charge in [0, 0.05) is 38.8 Å². The van der Waals surface area contributed by atoms with Crippen LogP contribution < -0.4 is 0 Å². The van der Waals surface area contributed by atoms with Crippen LogP contribution in [0.15, 0.2) is 0 Å². The summed E-state index contributed by atoms with van der Waals surface area (Å²) in [4.78, 5) is 18.9. The summed E-state index contributed by atoms with van der Waals surface area (Å²) in [5, 5.41) is 0. The SMILES string of the molecule is C[C@@H]1CCCCN1C(=O)CN1CCN(C)CC1. The molecule has 2 fully saturated rings. The van der Waals surface area contributed by atoms with Crippen LogP contribution in [0, 0.1) is 0 Å². The quantitative estimate of drug-likeness (QED) is 0.707. The van der Waals surface area contributed by atoms with E-state index in [4.69, 9.17) is 0 Å². The van der Waals surface area contributed by atoms with Crippen LogP contribution in [0.25, 0.3) is 0 Å². The lowest BCUT2D eigenvalue weighted by Gasteiger charge is -2.37. The molecule has 0 spiro atoms. The van der Waals surface area contributed by atoms with Gasteiger partial charge >= 0.3 is 0 Å². The van der Waals surface area contributed by atoms with Gasteiger partial charge in [-0.15, -0.1) is 0 Å². The third-order valence-corrected chi connectivity index (χ3v) is 4.08. The summed E-state index contributed by atoms with van der Waals surface area (Å²) in [6.07, 6.45) is 3.63. The number of piperazine rings is 1. The first-order valence-corrected chi connectivity index (χ1v) is 6.87. The van der Waals surface area contributed by atoms with Gasteiger partial charge in [-0.25, -0.2) is 0 Å². The molecular weight excluding hydrogens is 214 g/mol. The first kappa shape index (κ1) is 12.8. The van der Waals surface area contributed by atoms with Gasteiger partial charge in [0.15, 0.2) is 0 Å². The minimum Gasteiger partial charge on any atom is -0.339 e. The Morgan fingerprint density at radius 1 is 1.12 bits per heavy atom. The average Bonchev–Trinajstić information content (AvgIpc) is 2.32. The van der Waals surface area contributed by atoms with Gasteiger partial charge in [-0.1, -0.05) is 0 Å². The van der Waals surface area contributed by atoms with E-state index >= 15 is 0 Å². The van der Waals surface area contributed by atoms with Gasteiger partial charge in [0.05, 0.1) is 6.54 Å². The highest BCUT2D eigenvalue weighted by atomic mass is 16.2. The number of hydrogen-bond donors (Lipinski definition) is 0. The average molecular weight is 239 g/mol. The van der Waals surface area contributed by atoms with E-state index in [1.54, 1.807) is 0 Å². The van der Waals surface area contributed by atoms with Crippen molar-refractivity contribution in [1.82, 2.24) is 14.7 Å². The van der Waals surface area contributed by atoms with Crippen molar-refractivity contribution in [3.8, 4) is 0 Å². The van der Waals surface area contributed by atoms with Crippen LogP contribution in [0.3, 0.4) is 0 Å². The number of rotatable bonds is 2. The largest absolute Gasteiger partial charge is 0.339 e. The van der Waals surface area contributed by atoms with Gasteiger partial charge in [-0.3, -0.25) is 9.69 Å². The summed E-state index contributed by atoms with van der Waals surface area (Å²) in [5.41, 5.74) is 0. The number of likely N-dealkylation sites (tertiary alicyclic amines) is 1. The number of likely N-dealkylation sites (N-methyl/N-ethyl adjacent to an activating group) is 1. The molecule has 0 aromatic heterocycles. The van der Waals surface area contributed by atoms with Crippen LogP contribution in [-0.4, -0.2) is 73.0 Å². The molecule has 0 unspecified atom stereocenters. The molecule has 4 heteroatoms. The van der Waals surface area contributed by atoms with E-state index in [1.165, 1.54) is 19.3 Å². The maximum atomic E-state index is 12.2. The molecule has 98 valence electrons. The molecule has 0 aliphatic carbocycles. The summed E-state index contributed by atoms with van der Waals surface area (Å²) in [6.45, 7) is 8.01. The zero-order valence-corrected chi connectivity index (χ0v) is 11.2. The normalized spacial score (nSPS) is 28.4. The third-order valence-electron chi connectivity index (χ3n) is 4.08. The Labute approximate surface area is 105 Å². The second kappa shape index (κ2) is 5.83. The molecule has 1 atom stereocenters. The molecule has 0 aromatic rings. The zero-order valence-electron chi connectivity index (χ0n) is 11.2. The number of piperidine rings is 1. The standard InChI is InChI=1S/C13H25N3O/c1-12-5-3-4-6-16(12)13(17)11-15-9-7-14(2)8-10-15/h12H,3-11H2,1-2H3/t12-/m1/s1. The van der Waals surface area contributed by atoms with Gasteiger partial charge in [-0.2, -0.15) is 0 Å². The van der Waals surface area contributed by atoms with Crippen molar-refractivity contribution in [2.45, 2.75) is 32.2 Å². The monoisotopic (exact) mass is 239 g/mol. The number of nitrogens with zero attached hydrogens (tertiary/aromatic N) is 3. The van der Waals surface area contributed by atoms with E-state index in [2.05, 4.69) is 28.7 Å². The van der Waals surface area contributed by atoms with Crippen LogP contribution in [0.5, 0.6) is 0 Å². The molecule has 0 aromatic carbocycles. The first-order valence-electron chi connectivity index (χ1n) is 6.87. The Kier molecular flexibility index (Phi) is 4.40. The molecule has 17 heavy (non-hydrogen) atoms. The molecule has 0 radical (unpaired) electrons. The van der Waals surface area contributed by atoms with Gasteiger partial charge in [-0.05, 0) is 33.2 Å². The molecule has 0 saturated carbocycles. The van der Waals surface area contributed by atoms with E-state index in [0.717, 1.165) is 32.7 Å². The van der Waals surface area contributed by atoms with Crippen LogP contribution in [0.1, 0.15) is 26.2 Å². The lowest BCUT2D eigenvalue weighted by molar-refractivity contribution is -0.136. The zero-order chi connectivity index (χ0) is 12.3. The van der Waals surface area contributed by atoms with E-state index < -0.39 is 0 Å². The molecule has 2 rings (SSSR count). The maximum Gasteiger partial charge on any atom is 0.236 e. The van der Waals surface area contributed by atoms with Crippen molar-refractivity contribution in [2.24, 2.45) is 0 Å². The van der Waals surface area contributed by atoms with Crippen LogP contribution in [0.2, 0.25) is 0 Å². The van der Waals surface area contributed by atoms with Crippen molar-refractivity contribution in [3.05, 3.63) is 0 Å². The number of carbonyl (C=O) groups is 1. The molecular formula is C13H25N3O. The number of hydrogen-bond acceptors (Lipinski definition) is 3. The minimum atomic E-state index is 0.335. The molecule has 2 heterocycles. The van der Waals surface area contributed by atoms with Crippen molar-refractivity contribution in [1.29, 1.82) is 0 Å². The minimum absolute atomic E-state index is 0.335. The van der Waals surface area contributed by atoms with Crippen molar-refractivity contribution < 1.29 is 4.79 Å². The Balaban J connectivity index is 1.79. The van der Waals surface area contributed by atoms with Crippen LogP contribution >= 0.6 is 0 Å². The van der Waals surface area contributed by atoms with Crippen molar-refractivity contribution >= 4 is 5.91 Å². The highest BCUT2D eigenvalue weighted by Crippen LogP contribution is 2.16. The van der Waals surface area contributed by atoms with E-state index in [1.807, 2.05) is 0 Å². The first-order chi connectivity index (χ1) is 8.16. The molecule has 2 aliphatic heterocycles. The topological polar surface area (TPSA) is 26.8 Å². The number of carbonyl (C=O) groups excluding carboxylic acids is 1. The van der Waals surface area contributed by atoms with Crippen molar-refractivity contribution in [2.75, 3.05) is 46.3 Å². The predicted molar refractivity (Wildman–Crippen MR) is 69.0 cm³/mol. The smallest absolute Gasteiger partial charge is 0.236 e. The summed E-state index contributed by atoms with van der Waals surface area (Å²) in [7, 11) is 2.14. The predicted octanol–water partition coefficient (Wildman–Crippen LogP) is 0.635. The Morgan fingerprint density at radius 3 is 2.47 bits per heavy atom. The lowest BCUT2D eigenvalue weighted by atomic mass is 10.0. The second-order valence-corrected chi connectivity index (χ2v) is 5.51. The highest BCUT2D eigenvalue weighted by Gasteiger charge is 2.25. The fraction of sp³-hybridized carbons (Fsp3) is 0.923. The summed E-state index contributed by atoms with van der Waals surface area (Å²) < 4.78 is 0. The molecule has 1 amide bonds. The fourth-order valence-electron chi connectivity index (χ4n) is 2.76. The molecule has 2 aliphatic rings. The highest BCUT2D eigenvalue weighted by molar-refractivity contribution is 5.78. The molecule has 2 saturated heterocycles. The van der Waals surface area contributed by atoms with Crippen molar-refractivity contribution in [3.63, 3.8) is 0 Å². The fourth-order valence-corrected chi connectivity index (χ4v) is 2.76. The van der Waals surface area contributed by atoms with Gasteiger partial charge in [0.2, 0.25) is 5.91 Å². The maximum absolute atomic E-state index is 12.2. The van der Waals surface area contributed by atoms with Gasteiger partial charge in [0.25, 0.3) is 0 Å². The van der Waals surface area contributed by atoms with E-state index in [-0.39, 0.29) is 0 Å². The van der Waals surface area contributed by atoms with Crippen LogP contribution in [0.4, 0.5) is 0 Å². The van der Waals surface area contributed by atoms with Gasteiger partial charge in [0.1, 0.15) is 0 Å². The summed E-state index contributed by atoms with van der Waals surface area (Å²) >= 11 is 0. The Hall–Kier alpha value is -0.610. The summed E-state index contributed by atoms with van der Waals surface area (Å²) in [5.74, 6) is 0.335. The van der Waals surface area contributed by atoms with E-state index in [9.17, 15) is 4.79 Å².